The van der Waals surface area contributed by atoms with Crippen LogP contribution in [-0.2, 0) is 10.0 Å². The molecule has 2 N–H and O–H groups in total. The molecule has 0 saturated carbocycles. The van der Waals surface area contributed by atoms with Crippen LogP contribution in [0, 0.1) is 19.8 Å². The number of nitrogens with one attached hydrogen (secondary N) is 2. The van der Waals surface area contributed by atoms with E-state index in [2.05, 4.69) is 15.2 Å². The number of alkyl halides is 2. The Morgan fingerprint density at radius 2 is 2.20 bits per heavy atom. The molecule has 9 heteroatoms. The maximum atomic E-state index is 13.6. The number of aromatic nitrogens is 1. The van der Waals surface area contributed by atoms with Crippen molar-refractivity contribution in [2.75, 3.05) is 19.6 Å². The molecule has 2 rings (SSSR count). The van der Waals surface area contributed by atoms with Crippen molar-refractivity contribution < 1.29 is 21.7 Å². The van der Waals surface area contributed by atoms with E-state index in [1.165, 1.54) is 13.8 Å². The van der Waals surface area contributed by atoms with Gasteiger partial charge in [-0.15, -0.1) is 0 Å². The second-order valence-electron chi connectivity index (χ2n) is 4.93. The molecule has 0 spiro atoms. The van der Waals surface area contributed by atoms with Crippen molar-refractivity contribution >= 4 is 10.0 Å². The summed E-state index contributed by atoms with van der Waals surface area (Å²) >= 11 is 0. The number of aryl methyl sites for hydroxylation is 2. The van der Waals surface area contributed by atoms with E-state index in [1.807, 2.05) is 0 Å². The van der Waals surface area contributed by atoms with Crippen LogP contribution in [0.5, 0.6) is 0 Å². The van der Waals surface area contributed by atoms with Crippen molar-refractivity contribution in [1.29, 1.82) is 0 Å². The lowest BCUT2D eigenvalue weighted by Crippen LogP contribution is -2.50. The van der Waals surface area contributed by atoms with Gasteiger partial charge in [-0.3, -0.25) is 0 Å². The summed E-state index contributed by atoms with van der Waals surface area (Å²) in [6.07, 6.45) is 0.219. The monoisotopic (exact) mass is 309 g/mol. The van der Waals surface area contributed by atoms with E-state index >= 15 is 0 Å². The van der Waals surface area contributed by atoms with Gasteiger partial charge in [0.25, 0.3) is 5.92 Å². The highest BCUT2D eigenvalue weighted by Gasteiger charge is 2.42. The Hall–Kier alpha value is -1.06. The molecule has 1 aromatic rings. The van der Waals surface area contributed by atoms with Crippen LogP contribution < -0.4 is 10.0 Å². The Labute approximate surface area is 116 Å². The van der Waals surface area contributed by atoms with E-state index in [9.17, 15) is 17.2 Å². The van der Waals surface area contributed by atoms with Gasteiger partial charge in [0.2, 0.25) is 10.0 Å². The van der Waals surface area contributed by atoms with E-state index in [4.69, 9.17) is 4.52 Å². The number of piperidine rings is 1. The lowest BCUT2D eigenvalue weighted by atomic mass is 9.94. The van der Waals surface area contributed by atoms with Crippen molar-refractivity contribution in [2.45, 2.75) is 31.1 Å². The molecule has 114 valence electrons. The van der Waals surface area contributed by atoms with Gasteiger partial charge in [-0.25, -0.2) is 21.9 Å². The van der Waals surface area contributed by atoms with Crippen molar-refractivity contribution in [3.8, 4) is 0 Å². The molecule has 20 heavy (non-hydrogen) atoms. The molecule has 2 heterocycles. The number of nitrogens with zero attached hydrogens (tertiary/aromatic N) is 1. The van der Waals surface area contributed by atoms with Gasteiger partial charge in [0.15, 0.2) is 5.76 Å². The SMILES string of the molecule is Cc1noc(C)c1S(=O)(=O)NCC1CCNCC1(F)F. The summed E-state index contributed by atoms with van der Waals surface area (Å²) in [5.74, 6) is -3.79. The molecule has 1 saturated heterocycles. The maximum Gasteiger partial charge on any atom is 0.264 e. The van der Waals surface area contributed by atoms with Crippen LogP contribution >= 0.6 is 0 Å². The van der Waals surface area contributed by atoms with Gasteiger partial charge >= 0.3 is 0 Å². The predicted octanol–water partition coefficient (Wildman–Crippen LogP) is 0.815. The molecule has 0 aliphatic carbocycles. The van der Waals surface area contributed by atoms with Gasteiger partial charge in [-0.2, -0.15) is 0 Å². The minimum Gasteiger partial charge on any atom is -0.360 e. The fraction of sp³-hybridized carbons (Fsp3) is 0.727. The Balaban J connectivity index is 2.10. The predicted molar refractivity (Wildman–Crippen MR) is 67.1 cm³/mol. The normalized spacial score (nSPS) is 22.9. The second-order valence-corrected chi connectivity index (χ2v) is 6.63. The zero-order chi connectivity index (χ0) is 15.0. The smallest absolute Gasteiger partial charge is 0.264 e. The third-order valence-electron chi connectivity index (χ3n) is 3.38. The number of rotatable bonds is 4. The quantitative estimate of drug-likeness (QED) is 0.860. The number of hydrogen-bond acceptors (Lipinski definition) is 5. The fourth-order valence-corrected chi connectivity index (χ4v) is 3.69. The zero-order valence-corrected chi connectivity index (χ0v) is 12.1. The van der Waals surface area contributed by atoms with E-state index in [0.29, 0.717) is 6.54 Å². The molecular weight excluding hydrogens is 292 g/mol. The maximum absolute atomic E-state index is 13.6. The first-order valence-electron chi connectivity index (χ1n) is 6.25. The van der Waals surface area contributed by atoms with Crippen LogP contribution in [0.15, 0.2) is 9.42 Å². The number of hydrogen-bond donors (Lipinski definition) is 2. The third-order valence-corrected chi connectivity index (χ3v) is 5.05. The molecule has 1 fully saturated rings. The number of halogens is 2. The van der Waals surface area contributed by atoms with E-state index in [0.717, 1.165) is 0 Å². The molecule has 1 aliphatic rings. The first-order valence-corrected chi connectivity index (χ1v) is 7.73. The van der Waals surface area contributed by atoms with Crippen LogP contribution in [0.3, 0.4) is 0 Å². The summed E-state index contributed by atoms with van der Waals surface area (Å²) in [6, 6.07) is 0. The summed E-state index contributed by atoms with van der Waals surface area (Å²) in [4.78, 5) is -0.0743. The topological polar surface area (TPSA) is 84.2 Å². The van der Waals surface area contributed by atoms with E-state index < -0.39 is 28.4 Å². The third kappa shape index (κ3) is 2.99. The largest absolute Gasteiger partial charge is 0.360 e. The Morgan fingerprint density at radius 1 is 1.50 bits per heavy atom. The van der Waals surface area contributed by atoms with Crippen molar-refractivity contribution in [3.05, 3.63) is 11.5 Å². The van der Waals surface area contributed by atoms with Crippen LogP contribution in [0.2, 0.25) is 0 Å². The van der Waals surface area contributed by atoms with Crippen LogP contribution in [0.25, 0.3) is 0 Å². The molecule has 1 atom stereocenters. The van der Waals surface area contributed by atoms with Gasteiger partial charge < -0.3 is 9.84 Å². The van der Waals surface area contributed by atoms with E-state index in [-0.39, 0.29) is 29.3 Å². The van der Waals surface area contributed by atoms with Gasteiger partial charge in [-0.05, 0) is 26.8 Å². The highest BCUT2D eigenvalue weighted by molar-refractivity contribution is 7.89. The average molecular weight is 309 g/mol. The van der Waals surface area contributed by atoms with E-state index in [1.54, 1.807) is 0 Å². The van der Waals surface area contributed by atoms with Crippen LogP contribution in [0.4, 0.5) is 8.78 Å². The summed E-state index contributed by atoms with van der Waals surface area (Å²) in [5.41, 5.74) is 0.215. The lowest BCUT2D eigenvalue weighted by molar-refractivity contribution is -0.0703. The molecule has 1 unspecified atom stereocenters. The van der Waals surface area contributed by atoms with Gasteiger partial charge in [0.05, 0.1) is 6.54 Å². The minimum absolute atomic E-state index is 0.0743. The second kappa shape index (κ2) is 5.38. The Morgan fingerprint density at radius 3 is 2.75 bits per heavy atom. The van der Waals surface area contributed by atoms with Crippen LogP contribution in [-0.4, -0.2) is 39.1 Å². The average Bonchev–Trinajstić information content (AvgIpc) is 2.67. The molecule has 0 amide bonds. The fourth-order valence-electron chi connectivity index (χ4n) is 2.28. The summed E-state index contributed by atoms with van der Waals surface area (Å²) < 4.78 is 58.5. The first-order chi connectivity index (χ1) is 9.24. The van der Waals surface area contributed by atoms with Gasteiger partial charge in [-0.1, -0.05) is 5.16 Å². The standard InChI is InChI=1S/C11H17F2N3O3S/c1-7-10(8(2)19-16-7)20(17,18)15-5-9-3-4-14-6-11(9,12)13/h9,14-15H,3-6H2,1-2H3. The number of sulfonamides is 1. The molecular formula is C11H17F2N3O3S. The van der Waals surface area contributed by atoms with Gasteiger partial charge in [0.1, 0.15) is 10.6 Å². The molecule has 0 bridgehead atoms. The van der Waals surface area contributed by atoms with Crippen molar-refractivity contribution in [2.24, 2.45) is 5.92 Å². The summed E-state index contributed by atoms with van der Waals surface area (Å²) in [7, 11) is -3.89. The van der Waals surface area contributed by atoms with Crippen LogP contribution in [0.1, 0.15) is 17.9 Å². The lowest BCUT2D eigenvalue weighted by Gasteiger charge is -2.31. The minimum atomic E-state index is -3.89. The van der Waals surface area contributed by atoms with Crippen molar-refractivity contribution in [1.82, 2.24) is 15.2 Å². The molecule has 6 nitrogen and oxygen atoms in total. The zero-order valence-electron chi connectivity index (χ0n) is 11.2. The first kappa shape index (κ1) is 15.3. The molecule has 0 aromatic carbocycles. The molecule has 1 aromatic heterocycles. The highest BCUT2D eigenvalue weighted by atomic mass is 32.2. The van der Waals surface area contributed by atoms with Crippen molar-refractivity contribution in [3.63, 3.8) is 0 Å². The Kier molecular flexibility index (Phi) is 4.12. The highest BCUT2D eigenvalue weighted by Crippen LogP contribution is 2.29. The molecule has 0 radical (unpaired) electrons. The van der Waals surface area contributed by atoms with Gasteiger partial charge in [0, 0.05) is 12.5 Å². The Bertz CT molecular complexity index is 566. The molecule has 1 aliphatic heterocycles. The summed E-state index contributed by atoms with van der Waals surface area (Å²) in [5, 5.41) is 6.15. The summed E-state index contributed by atoms with van der Waals surface area (Å²) in [6.45, 7) is 2.68.